The van der Waals surface area contributed by atoms with Gasteiger partial charge in [0.05, 0.1) is 0 Å². The minimum absolute atomic E-state index is 1.01. The maximum atomic E-state index is 4.38. The Hall–Kier alpha value is 0.330. The number of rotatable bonds is 1. The SMILES string of the molecule is C1CSC([C]2NCCS2)=N1. The Balaban J connectivity index is 1.97. The van der Waals surface area contributed by atoms with Gasteiger partial charge in [0, 0.05) is 24.6 Å². The zero-order chi connectivity index (χ0) is 6.81. The predicted molar refractivity (Wildman–Crippen MR) is 48.5 cm³/mol. The smallest absolute Gasteiger partial charge is 0.147 e. The van der Waals surface area contributed by atoms with Gasteiger partial charge >= 0.3 is 0 Å². The second-order valence-electron chi connectivity index (χ2n) is 2.14. The highest BCUT2D eigenvalue weighted by molar-refractivity contribution is 8.17. The summed E-state index contributed by atoms with van der Waals surface area (Å²) in [6, 6.07) is 0. The Morgan fingerprint density at radius 2 is 2.30 bits per heavy atom. The number of nitrogens with zero attached hydrogens (tertiary/aromatic N) is 1. The van der Waals surface area contributed by atoms with Crippen LogP contribution in [0.1, 0.15) is 0 Å². The lowest BCUT2D eigenvalue weighted by molar-refractivity contribution is 0.912. The first-order valence-electron chi connectivity index (χ1n) is 3.38. The Kier molecular flexibility index (Phi) is 2.21. The lowest BCUT2D eigenvalue weighted by Gasteiger charge is -2.04. The summed E-state index contributed by atoms with van der Waals surface area (Å²) in [5, 5.41) is 5.87. The average Bonchev–Trinajstić information content (AvgIpc) is 2.59. The molecule has 0 aromatic heterocycles. The van der Waals surface area contributed by atoms with Crippen molar-refractivity contribution in [2.24, 2.45) is 4.99 Å². The molecule has 0 bridgehead atoms. The highest BCUT2D eigenvalue weighted by Gasteiger charge is 2.24. The van der Waals surface area contributed by atoms with E-state index in [0.717, 1.165) is 13.1 Å². The summed E-state index contributed by atoms with van der Waals surface area (Å²) < 4.78 is 0. The van der Waals surface area contributed by atoms with Gasteiger partial charge in [0.25, 0.3) is 0 Å². The number of thioether (sulfide) groups is 2. The lowest BCUT2D eigenvalue weighted by Crippen LogP contribution is -2.17. The number of nitrogens with one attached hydrogen (secondary N) is 1. The van der Waals surface area contributed by atoms with Crippen molar-refractivity contribution < 1.29 is 0 Å². The molecule has 0 spiro atoms. The van der Waals surface area contributed by atoms with Crippen LogP contribution in [0.15, 0.2) is 4.99 Å². The fourth-order valence-electron chi connectivity index (χ4n) is 0.979. The van der Waals surface area contributed by atoms with E-state index < -0.39 is 0 Å². The Labute approximate surface area is 69.2 Å². The number of aliphatic imine (C=N–C) groups is 1. The second kappa shape index (κ2) is 3.15. The van der Waals surface area contributed by atoms with Gasteiger partial charge in [-0.1, -0.05) is 0 Å². The van der Waals surface area contributed by atoms with Crippen LogP contribution in [0.2, 0.25) is 0 Å². The van der Waals surface area contributed by atoms with E-state index in [2.05, 4.69) is 10.3 Å². The fourth-order valence-corrected chi connectivity index (χ4v) is 2.89. The van der Waals surface area contributed by atoms with Crippen molar-refractivity contribution in [1.29, 1.82) is 0 Å². The van der Waals surface area contributed by atoms with Crippen LogP contribution in [0.25, 0.3) is 0 Å². The highest BCUT2D eigenvalue weighted by Crippen LogP contribution is 2.30. The van der Waals surface area contributed by atoms with Gasteiger partial charge in [-0.25, -0.2) is 0 Å². The third-order valence-corrected chi connectivity index (χ3v) is 3.57. The van der Waals surface area contributed by atoms with Crippen LogP contribution in [0, 0.1) is 5.37 Å². The zero-order valence-electron chi connectivity index (χ0n) is 5.59. The highest BCUT2D eigenvalue weighted by atomic mass is 32.2. The Bertz CT molecular complexity index is 152. The average molecular weight is 173 g/mol. The molecule has 1 saturated heterocycles. The van der Waals surface area contributed by atoms with E-state index in [9.17, 15) is 0 Å². The summed E-state index contributed by atoms with van der Waals surface area (Å²) in [6.07, 6.45) is 0. The van der Waals surface area contributed by atoms with Crippen LogP contribution in [0.4, 0.5) is 0 Å². The van der Waals surface area contributed by atoms with Crippen molar-refractivity contribution in [2.75, 3.05) is 24.6 Å². The lowest BCUT2D eigenvalue weighted by atomic mass is 10.6. The molecule has 2 nitrogen and oxygen atoms in total. The van der Waals surface area contributed by atoms with Crippen LogP contribution in [-0.2, 0) is 0 Å². The minimum Gasteiger partial charge on any atom is -0.294 e. The van der Waals surface area contributed by atoms with Gasteiger partial charge in [0.1, 0.15) is 10.4 Å². The van der Waals surface area contributed by atoms with E-state index in [0.29, 0.717) is 0 Å². The van der Waals surface area contributed by atoms with Crippen LogP contribution in [-0.4, -0.2) is 29.6 Å². The van der Waals surface area contributed by atoms with Gasteiger partial charge in [-0.2, -0.15) is 0 Å². The van der Waals surface area contributed by atoms with Crippen LogP contribution in [0.3, 0.4) is 0 Å². The third-order valence-electron chi connectivity index (χ3n) is 1.41. The van der Waals surface area contributed by atoms with E-state index >= 15 is 0 Å². The van der Waals surface area contributed by atoms with Crippen molar-refractivity contribution in [3.8, 4) is 0 Å². The summed E-state index contributed by atoms with van der Waals surface area (Å²) in [4.78, 5) is 4.38. The monoisotopic (exact) mass is 173 g/mol. The summed E-state index contributed by atoms with van der Waals surface area (Å²) >= 11 is 3.76. The summed E-state index contributed by atoms with van der Waals surface area (Å²) in [5.41, 5.74) is 0. The van der Waals surface area contributed by atoms with E-state index in [1.54, 1.807) is 0 Å². The molecule has 0 aromatic rings. The molecule has 4 heteroatoms. The molecule has 0 atom stereocenters. The van der Waals surface area contributed by atoms with Gasteiger partial charge in [-0.15, -0.1) is 23.5 Å². The first kappa shape index (κ1) is 7.00. The van der Waals surface area contributed by atoms with Crippen LogP contribution in [0.5, 0.6) is 0 Å². The molecule has 0 saturated carbocycles. The minimum atomic E-state index is 1.01. The number of hydrogen-bond acceptors (Lipinski definition) is 4. The number of hydrogen-bond donors (Lipinski definition) is 1. The molecule has 10 heavy (non-hydrogen) atoms. The molecule has 0 amide bonds. The van der Waals surface area contributed by atoms with Crippen LogP contribution >= 0.6 is 23.5 Å². The molecule has 2 aliphatic rings. The second-order valence-corrected chi connectivity index (χ2v) is 4.33. The predicted octanol–water partition coefficient (Wildman–Crippen LogP) is 0.958. The molecule has 1 N–H and O–H groups in total. The standard InChI is InChI=1S/C6H9N2S2/c1-3-9-5(7-1)6-8-2-4-10-6/h7H,1-4H2. The molecule has 1 fully saturated rings. The van der Waals surface area contributed by atoms with E-state index in [-0.39, 0.29) is 0 Å². The van der Waals surface area contributed by atoms with Crippen LogP contribution < -0.4 is 5.32 Å². The summed E-state index contributed by atoms with van der Waals surface area (Å²) in [7, 11) is 0. The first-order chi connectivity index (χ1) is 4.97. The maximum absolute atomic E-state index is 4.38. The summed E-state index contributed by atoms with van der Waals surface area (Å²) in [6.45, 7) is 2.12. The van der Waals surface area contributed by atoms with Gasteiger partial charge in [-0.3, -0.25) is 10.3 Å². The van der Waals surface area contributed by atoms with Crippen molar-refractivity contribution >= 4 is 28.6 Å². The normalized spacial score (nSPS) is 27.4. The molecular weight excluding hydrogens is 164 g/mol. The van der Waals surface area contributed by atoms with Crippen molar-refractivity contribution in [3.63, 3.8) is 0 Å². The maximum Gasteiger partial charge on any atom is 0.147 e. The van der Waals surface area contributed by atoms with Gasteiger partial charge in [0.2, 0.25) is 0 Å². The van der Waals surface area contributed by atoms with Gasteiger partial charge < -0.3 is 0 Å². The summed E-state index contributed by atoms with van der Waals surface area (Å²) in [5.74, 6) is 2.37. The van der Waals surface area contributed by atoms with Crippen molar-refractivity contribution in [2.45, 2.75) is 0 Å². The van der Waals surface area contributed by atoms with Gasteiger partial charge in [-0.05, 0) is 0 Å². The van der Waals surface area contributed by atoms with E-state index in [4.69, 9.17) is 0 Å². The molecule has 0 aromatic carbocycles. The molecule has 1 radical (unpaired) electrons. The topological polar surface area (TPSA) is 24.4 Å². The zero-order valence-corrected chi connectivity index (χ0v) is 7.23. The molecule has 0 unspecified atom stereocenters. The van der Waals surface area contributed by atoms with E-state index in [1.165, 1.54) is 21.9 Å². The first-order valence-corrected chi connectivity index (χ1v) is 5.35. The molecule has 2 heterocycles. The molecule has 55 valence electrons. The van der Waals surface area contributed by atoms with Crippen molar-refractivity contribution in [3.05, 3.63) is 5.37 Å². The molecule has 2 rings (SSSR count). The van der Waals surface area contributed by atoms with Gasteiger partial charge in [0.15, 0.2) is 0 Å². The molecule has 2 aliphatic heterocycles. The quantitative estimate of drug-likeness (QED) is 0.639. The molecule has 0 aliphatic carbocycles. The third kappa shape index (κ3) is 1.33. The largest absolute Gasteiger partial charge is 0.294 e. The Morgan fingerprint density at radius 3 is 2.90 bits per heavy atom. The Morgan fingerprint density at radius 1 is 1.30 bits per heavy atom. The molecular formula is C6H9N2S2. The van der Waals surface area contributed by atoms with E-state index in [1.807, 2.05) is 23.5 Å². The fraction of sp³-hybridized carbons (Fsp3) is 0.667. The van der Waals surface area contributed by atoms with Crippen molar-refractivity contribution in [1.82, 2.24) is 5.32 Å².